The van der Waals surface area contributed by atoms with Gasteiger partial charge >= 0.3 is 0 Å². The Hall–Kier alpha value is -1.39. The molecule has 4 nitrogen and oxygen atoms in total. The normalized spacial score (nSPS) is 19.2. The van der Waals surface area contributed by atoms with Gasteiger partial charge in [0.15, 0.2) is 0 Å². The molecule has 1 saturated heterocycles. The number of pyridine rings is 1. The second-order valence-electron chi connectivity index (χ2n) is 4.95. The van der Waals surface area contributed by atoms with E-state index in [1.54, 1.807) is 6.33 Å². The van der Waals surface area contributed by atoms with E-state index < -0.39 is 6.10 Å². The number of nitrogens with zero attached hydrogens (tertiary/aromatic N) is 2. The molecule has 0 aliphatic carbocycles. The first kappa shape index (κ1) is 11.7. The highest BCUT2D eigenvalue weighted by Crippen LogP contribution is 2.27. The van der Waals surface area contributed by atoms with Gasteiger partial charge in [0, 0.05) is 13.2 Å². The lowest BCUT2D eigenvalue weighted by Gasteiger charge is -2.24. The van der Waals surface area contributed by atoms with E-state index in [2.05, 4.69) is 4.98 Å². The molecule has 0 aromatic carbocycles. The average molecular weight is 246 g/mol. The predicted octanol–water partition coefficient (Wildman–Crippen LogP) is 2.18. The molecule has 2 aromatic heterocycles. The van der Waals surface area contributed by atoms with Gasteiger partial charge in [-0.2, -0.15) is 0 Å². The van der Waals surface area contributed by atoms with E-state index in [0.29, 0.717) is 5.92 Å². The summed E-state index contributed by atoms with van der Waals surface area (Å²) in [6, 6.07) is 5.94. The maximum atomic E-state index is 10.4. The molecule has 4 heteroatoms. The fourth-order valence-electron chi connectivity index (χ4n) is 2.66. The fourth-order valence-corrected chi connectivity index (χ4v) is 2.66. The molecular weight excluding hydrogens is 228 g/mol. The summed E-state index contributed by atoms with van der Waals surface area (Å²) in [6.45, 7) is 1.65. The van der Waals surface area contributed by atoms with Gasteiger partial charge < -0.3 is 14.2 Å². The van der Waals surface area contributed by atoms with Crippen molar-refractivity contribution in [2.75, 3.05) is 13.2 Å². The van der Waals surface area contributed by atoms with Crippen molar-refractivity contribution in [3.63, 3.8) is 0 Å². The van der Waals surface area contributed by atoms with E-state index in [1.165, 1.54) is 0 Å². The molecule has 18 heavy (non-hydrogen) atoms. The van der Waals surface area contributed by atoms with E-state index in [1.807, 2.05) is 28.8 Å². The monoisotopic (exact) mass is 246 g/mol. The van der Waals surface area contributed by atoms with E-state index in [0.717, 1.165) is 43.7 Å². The van der Waals surface area contributed by atoms with Crippen molar-refractivity contribution < 1.29 is 9.84 Å². The van der Waals surface area contributed by atoms with Gasteiger partial charge in [-0.05, 0) is 37.3 Å². The molecule has 0 bridgehead atoms. The third kappa shape index (κ3) is 2.26. The Labute approximate surface area is 106 Å². The second-order valence-corrected chi connectivity index (χ2v) is 4.95. The van der Waals surface area contributed by atoms with Crippen LogP contribution in [0.2, 0.25) is 0 Å². The molecule has 0 spiro atoms. The van der Waals surface area contributed by atoms with Gasteiger partial charge in [0.05, 0.1) is 29.8 Å². The van der Waals surface area contributed by atoms with Crippen molar-refractivity contribution in [1.82, 2.24) is 9.38 Å². The number of hydrogen-bond donors (Lipinski definition) is 1. The molecule has 1 aliphatic rings. The van der Waals surface area contributed by atoms with Gasteiger partial charge in [0.2, 0.25) is 0 Å². The first-order valence-corrected chi connectivity index (χ1v) is 6.51. The van der Waals surface area contributed by atoms with E-state index in [-0.39, 0.29) is 0 Å². The topological polar surface area (TPSA) is 46.8 Å². The number of hydrogen-bond acceptors (Lipinski definition) is 3. The third-order valence-corrected chi connectivity index (χ3v) is 3.72. The van der Waals surface area contributed by atoms with Crippen molar-refractivity contribution in [3.05, 3.63) is 36.4 Å². The van der Waals surface area contributed by atoms with E-state index in [9.17, 15) is 5.11 Å². The standard InChI is InChI=1S/C14H18N2O2/c17-14(8-11-4-6-18-7-5-11)13-3-1-2-12-9-15-10-16(12)13/h1-3,9-11,14,17H,4-8H2. The molecular formula is C14H18N2O2. The highest BCUT2D eigenvalue weighted by Gasteiger charge is 2.20. The van der Waals surface area contributed by atoms with Gasteiger partial charge in [-0.1, -0.05) is 6.07 Å². The van der Waals surface area contributed by atoms with Crippen molar-refractivity contribution in [3.8, 4) is 0 Å². The Morgan fingerprint density at radius 3 is 3.06 bits per heavy atom. The van der Waals surface area contributed by atoms with Crippen molar-refractivity contribution in [2.24, 2.45) is 5.92 Å². The lowest BCUT2D eigenvalue weighted by molar-refractivity contribution is 0.0424. The lowest BCUT2D eigenvalue weighted by Crippen LogP contribution is -2.18. The Kier molecular flexibility index (Phi) is 3.30. The molecule has 96 valence electrons. The Morgan fingerprint density at radius 2 is 2.22 bits per heavy atom. The van der Waals surface area contributed by atoms with Crippen LogP contribution in [0, 0.1) is 5.92 Å². The largest absolute Gasteiger partial charge is 0.387 e. The molecule has 1 unspecified atom stereocenters. The van der Waals surface area contributed by atoms with Crippen LogP contribution in [0.15, 0.2) is 30.7 Å². The van der Waals surface area contributed by atoms with Gasteiger partial charge in [-0.3, -0.25) is 0 Å². The molecule has 1 N–H and O–H groups in total. The quantitative estimate of drug-likeness (QED) is 0.903. The SMILES string of the molecule is OC(CC1CCOCC1)c1cccc2cncn12. The third-order valence-electron chi connectivity index (χ3n) is 3.72. The molecule has 3 rings (SSSR count). The van der Waals surface area contributed by atoms with Crippen LogP contribution in [-0.2, 0) is 4.74 Å². The second kappa shape index (κ2) is 5.08. The number of fused-ring (bicyclic) bond motifs is 1. The van der Waals surface area contributed by atoms with Crippen molar-refractivity contribution in [1.29, 1.82) is 0 Å². The molecule has 0 saturated carbocycles. The number of aliphatic hydroxyl groups excluding tert-OH is 1. The summed E-state index contributed by atoms with van der Waals surface area (Å²) in [5, 5.41) is 10.4. The minimum absolute atomic E-state index is 0.425. The smallest absolute Gasteiger partial charge is 0.0995 e. The summed E-state index contributed by atoms with van der Waals surface area (Å²) in [5.41, 5.74) is 1.95. The minimum Gasteiger partial charge on any atom is -0.387 e. The number of imidazole rings is 1. The summed E-state index contributed by atoms with van der Waals surface area (Å²) in [7, 11) is 0. The molecule has 1 atom stereocenters. The van der Waals surface area contributed by atoms with Crippen LogP contribution < -0.4 is 0 Å². The molecule has 1 fully saturated rings. The first-order chi connectivity index (χ1) is 8.84. The van der Waals surface area contributed by atoms with Gasteiger partial charge in [0.25, 0.3) is 0 Å². The first-order valence-electron chi connectivity index (χ1n) is 6.51. The summed E-state index contributed by atoms with van der Waals surface area (Å²) >= 11 is 0. The van der Waals surface area contributed by atoms with Crippen LogP contribution in [0.5, 0.6) is 0 Å². The Morgan fingerprint density at radius 1 is 1.39 bits per heavy atom. The summed E-state index contributed by atoms with van der Waals surface area (Å²) in [6.07, 6.45) is 6.06. The average Bonchev–Trinajstić information content (AvgIpc) is 2.87. The number of ether oxygens (including phenoxy) is 1. The summed E-state index contributed by atoms with van der Waals surface area (Å²) in [4.78, 5) is 4.12. The maximum absolute atomic E-state index is 10.4. The van der Waals surface area contributed by atoms with Crippen molar-refractivity contribution in [2.45, 2.75) is 25.4 Å². The number of rotatable bonds is 3. The van der Waals surface area contributed by atoms with Gasteiger partial charge in [-0.15, -0.1) is 0 Å². The van der Waals surface area contributed by atoms with Crippen molar-refractivity contribution >= 4 is 5.52 Å². The van der Waals surface area contributed by atoms with E-state index in [4.69, 9.17) is 4.74 Å². The maximum Gasteiger partial charge on any atom is 0.0995 e. The Bertz CT molecular complexity index is 517. The molecule has 0 amide bonds. The van der Waals surface area contributed by atoms with Gasteiger partial charge in [0.1, 0.15) is 0 Å². The fraction of sp³-hybridized carbons (Fsp3) is 0.500. The number of aliphatic hydroxyl groups is 1. The van der Waals surface area contributed by atoms with Crippen LogP contribution in [0.1, 0.15) is 31.1 Å². The molecule has 1 aliphatic heterocycles. The zero-order valence-electron chi connectivity index (χ0n) is 10.3. The van der Waals surface area contributed by atoms with E-state index >= 15 is 0 Å². The Balaban J connectivity index is 1.78. The van der Waals surface area contributed by atoms with Crippen LogP contribution in [0.4, 0.5) is 0 Å². The highest BCUT2D eigenvalue weighted by atomic mass is 16.5. The zero-order valence-corrected chi connectivity index (χ0v) is 10.3. The lowest BCUT2D eigenvalue weighted by atomic mass is 9.92. The molecule has 3 heterocycles. The molecule has 0 radical (unpaired) electrons. The van der Waals surface area contributed by atoms with Crippen LogP contribution in [-0.4, -0.2) is 27.7 Å². The highest BCUT2D eigenvalue weighted by molar-refractivity contribution is 5.46. The van der Waals surface area contributed by atoms with Crippen LogP contribution in [0.25, 0.3) is 5.52 Å². The predicted molar refractivity (Wildman–Crippen MR) is 68.3 cm³/mol. The zero-order chi connectivity index (χ0) is 12.4. The van der Waals surface area contributed by atoms with Crippen LogP contribution in [0.3, 0.4) is 0 Å². The van der Waals surface area contributed by atoms with Crippen LogP contribution >= 0.6 is 0 Å². The van der Waals surface area contributed by atoms with Gasteiger partial charge in [-0.25, -0.2) is 4.98 Å². The summed E-state index contributed by atoms with van der Waals surface area (Å²) < 4.78 is 7.31. The molecule has 2 aromatic rings. The number of aromatic nitrogens is 2. The summed E-state index contributed by atoms with van der Waals surface area (Å²) in [5.74, 6) is 0.563. The minimum atomic E-state index is -0.425.